The third kappa shape index (κ3) is 3.15. The van der Waals surface area contributed by atoms with Crippen LogP contribution in [0.3, 0.4) is 0 Å². The van der Waals surface area contributed by atoms with Gasteiger partial charge in [-0.05, 0) is 13.8 Å². The molecule has 1 rings (SSSR count). The molecule has 0 radical (unpaired) electrons. The van der Waals surface area contributed by atoms with E-state index in [9.17, 15) is 8.42 Å². The zero-order valence-electron chi connectivity index (χ0n) is 7.89. The molecule has 0 bridgehead atoms. The van der Waals surface area contributed by atoms with Crippen molar-refractivity contribution in [3.8, 4) is 0 Å². The van der Waals surface area contributed by atoms with Gasteiger partial charge in [0, 0.05) is 10.7 Å². The summed E-state index contributed by atoms with van der Waals surface area (Å²) in [5, 5.41) is -0.720. The summed E-state index contributed by atoms with van der Waals surface area (Å²) in [6.07, 6.45) is 5.21. The van der Waals surface area contributed by atoms with E-state index >= 15 is 0 Å². The van der Waals surface area contributed by atoms with E-state index < -0.39 is 14.4 Å². The van der Waals surface area contributed by atoms with E-state index in [1.807, 2.05) is 11.5 Å². The van der Waals surface area contributed by atoms with Crippen LogP contribution in [-0.4, -0.2) is 13.0 Å². The van der Waals surface area contributed by atoms with Crippen molar-refractivity contribution in [1.82, 2.24) is 4.57 Å². The predicted molar refractivity (Wildman–Crippen MR) is 49.8 cm³/mol. The fourth-order valence-corrected chi connectivity index (χ4v) is 1.65. The van der Waals surface area contributed by atoms with E-state index in [0.717, 1.165) is 6.54 Å². The molecule has 1 unspecified atom stereocenters. The average Bonchev–Trinajstić information content (AvgIpc) is 2.48. The molecular formula is C7H12Cl2N2O2S. The zero-order valence-corrected chi connectivity index (χ0v) is 10.2. The number of aryl methyl sites for hydroxylation is 1. The lowest BCUT2D eigenvalue weighted by Crippen LogP contribution is -3.00. The molecular weight excluding hydrogens is 247 g/mol. The minimum absolute atomic E-state index is 0. The molecule has 82 valence electrons. The number of nitrogens with zero attached hydrogens (tertiary/aromatic N) is 2. The first-order valence-electron chi connectivity index (χ1n) is 3.95. The minimum Gasteiger partial charge on any atom is -1.00 e. The second-order valence-electron chi connectivity index (χ2n) is 2.77. The van der Waals surface area contributed by atoms with E-state index in [4.69, 9.17) is 10.7 Å². The second-order valence-corrected chi connectivity index (χ2v) is 5.69. The van der Waals surface area contributed by atoms with Gasteiger partial charge in [-0.3, -0.25) is 0 Å². The van der Waals surface area contributed by atoms with Crippen LogP contribution in [0.5, 0.6) is 0 Å². The van der Waals surface area contributed by atoms with E-state index in [1.54, 1.807) is 30.2 Å². The van der Waals surface area contributed by atoms with Crippen LogP contribution >= 0.6 is 10.7 Å². The van der Waals surface area contributed by atoms with Crippen molar-refractivity contribution in [2.45, 2.75) is 25.8 Å². The van der Waals surface area contributed by atoms with Gasteiger partial charge in [-0.2, -0.15) is 0 Å². The third-order valence-electron chi connectivity index (χ3n) is 1.90. The highest BCUT2D eigenvalue weighted by Gasteiger charge is 2.23. The van der Waals surface area contributed by atoms with E-state index in [-0.39, 0.29) is 12.4 Å². The van der Waals surface area contributed by atoms with Gasteiger partial charge in [0.25, 0.3) is 9.05 Å². The number of aromatic nitrogens is 2. The average molecular weight is 259 g/mol. The normalized spacial score (nSPS) is 13.4. The first-order valence-corrected chi connectivity index (χ1v) is 6.32. The van der Waals surface area contributed by atoms with Gasteiger partial charge in [-0.1, -0.05) is 0 Å². The molecule has 0 saturated carbocycles. The van der Waals surface area contributed by atoms with Crippen molar-refractivity contribution in [2.75, 3.05) is 0 Å². The number of halogens is 2. The number of imidazole rings is 1. The van der Waals surface area contributed by atoms with Gasteiger partial charge in [0.05, 0.1) is 6.54 Å². The summed E-state index contributed by atoms with van der Waals surface area (Å²) in [5.74, 6) is 0. The first-order chi connectivity index (χ1) is 5.95. The molecule has 0 amide bonds. The van der Waals surface area contributed by atoms with Crippen LogP contribution in [0, 0.1) is 0 Å². The van der Waals surface area contributed by atoms with E-state index in [0.29, 0.717) is 0 Å². The van der Waals surface area contributed by atoms with Crippen molar-refractivity contribution in [3.05, 3.63) is 18.7 Å². The smallest absolute Gasteiger partial charge is 0.274 e. The lowest BCUT2D eigenvalue weighted by Gasteiger charge is -2.01. The van der Waals surface area contributed by atoms with E-state index in [1.165, 1.54) is 0 Å². The van der Waals surface area contributed by atoms with Gasteiger partial charge in [0.1, 0.15) is 12.4 Å². The molecule has 1 aromatic rings. The molecule has 0 aromatic carbocycles. The van der Waals surface area contributed by atoms with Crippen molar-refractivity contribution in [2.24, 2.45) is 0 Å². The Morgan fingerprint density at radius 2 is 2.14 bits per heavy atom. The first kappa shape index (κ1) is 13.7. The standard InChI is InChI=1S/C7H12ClN2O2S.ClH/c1-3-9-4-5-10(6-9)7(2)13(8,11)12;/h4-7H,3H2,1-2H3;1H/q+1;/p-1. The molecule has 1 aromatic heterocycles. The Kier molecular flexibility index (Phi) is 4.91. The largest absolute Gasteiger partial charge is 1.00 e. The van der Waals surface area contributed by atoms with Gasteiger partial charge in [-0.25, -0.2) is 17.6 Å². The fraction of sp³-hybridized carbons (Fsp3) is 0.571. The molecule has 14 heavy (non-hydrogen) atoms. The van der Waals surface area contributed by atoms with Crippen LogP contribution in [-0.2, 0) is 15.6 Å². The van der Waals surface area contributed by atoms with E-state index in [2.05, 4.69) is 0 Å². The molecule has 1 atom stereocenters. The van der Waals surface area contributed by atoms with Crippen molar-refractivity contribution < 1.29 is 25.4 Å². The highest BCUT2D eigenvalue weighted by atomic mass is 35.7. The van der Waals surface area contributed by atoms with Crippen LogP contribution in [0.25, 0.3) is 0 Å². The van der Waals surface area contributed by atoms with Gasteiger partial charge >= 0.3 is 0 Å². The monoisotopic (exact) mass is 258 g/mol. The predicted octanol–water partition coefficient (Wildman–Crippen LogP) is -2.11. The minimum atomic E-state index is -3.53. The maximum atomic E-state index is 11.0. The van der Waals surface area contributed by atoms with Gasteiger partial charge in [0.15, 0.2) is 0 Å². The summed E-state index contributed by atoms with van der Waals surface area (Å²) in [5.41, 5.74) is 0. The topological polar surface area (TPSA) is 43.0 Å². The number of rotatable bonds is 3. The summed E-state index contributed by atoms with van der Waals surface area (Å²) < 4.78 is 25.4. The third-order valence-corrected chi connectivity index (χ3v) is 3.74. The molecule has 0 N–H and O–H groups in total. The van der Waals surface area contributed by atoms with Crippen LogP contribution in [0.15, 0.2) is 18.7 Å². The molecule has 0 saturated heterocycles. The van der Waals surface area contributed by atoms with Gasteiger partial charge in [0.2, 0.25) is 11.7 Å². The lowest BCUT2D eigenvalue weighted by atomic mass is 10.7. The SMILES string of the molecule is CC[n+]1ccn(C(C)S(=O)(=O)Cl)c1.[Cl-]. The lowest BCUT2D eigenvalue weighted by molar-refractivity contribution is -0.693. The van der Waals surface area contributed by atoms with Gasteiger partial charge < -0.3 is 12.4 Å². The summed E-state index contributed by atoms with van der Waals surface area (Å²) in [6.45, 7) is 4.33. The molecule has 4 nitrogen and oxygen atoms in total. The Hall–Kier alpha value is -0.260. The molecule has 7 heteroatoms. The molecule has 0 aliphatic heterocycles. The molecule has 1 heterocycles. The summed E-state index contributed by atoms with van der Waals surface area (Å²) in [6, 6.07) is 0. The second kappa shape index (κ2) is 5.00. The number of hydrogen-bond donors (Lipinski definition) is 0. The zero-order chi connectivity index (χ0) is 10.1. The number of hydrogen-bond acceptors (Lipinski definition) is 2. The fourth-order valence-electron chi connectivity index (χ4n) is 0.958. The quantitative estimate of drug-likeness (QED) is 0.460. The Bertz CT molecular complexity index is 388. The van der Waals surface area contributed by atoms with Crippen molar-refractivity contribution in [1.29, 1.82) is 0 Å². The molecule has 0 aliphatic carbocycles. The summed E-state index contributed by atoms with van der Waals surface area (Å²) in [4.78, 5) is 0. The Morgan fingerprint density at radius 3 is 2.50 bits per heavy atom. The molecule has 0 fully saturated rings. The summed E-state index contributed by atoms with van der Waals surface area (Å²) in [7, 11) is 1.68. The maximum absolute atomic E-state index is 11.0. The Morgan fingerprint density at radius 1 is 1.57 bits per heavy atom. The van der Waals surface area contributed by atoms with Gasteiger partial charge in [-0.15, -0.1) is 0 Å². The van der Waals surface area contributed by atoms with Crippen molar-refractivity contribution in [3.63, 3.8) is 0 Å². The van der Waals surface area contributed by atoms with Crippen LogP contribution < -0.4 is 17.0 Å². The van der Waals surface area contributed by atoms with Crippen LogP contribution in [0.4, 0.5) is 0 Å². The maximum Gasteiger partial charge on any atom is 0.274 e. The van der Waals surface area contributed by atoms with Crippen molar-refractivity contribution >= 4 is 19.7 Å². The van der Waals surface area contributed by atoms with Crippen LogP contribution in [0.1, 0.15) is 19.2 Å². The Labute approximate surface area is 94.3 Å². The molecule has 0 spiro atoms. The molecule has 0 aliphatic rings. The highest BCUT2D eigenvalue weighted by Crippen LogP contribution is 2.16. The summed E-state index contributed by atoms with van der Waals surface area (Å²) >= 11 is 0. The highest BCUT2D eigenvalue weighted by molar-refractivity contribution is 8.13. The Balaban J connectivity index is 0.00000169. The van der Waals surface area contributed by atoms with Crippen LogP contribution in [0.2, 0.25) is 0 Å².